The number of carbonyl (C=O) groups is 2. The minimum atomic E-state index is -1.36. The molecule has 0 aliphatic rings. The second-order valence-corrected chi connectivity index (χ2v) is 2.70. The molecule has 78 valence electrons. The van der Waals surface area contributed by atoms with Crippen LogP contribution in [0.15, 0.2) is 18.2 Å². The van der Waals surface area contributed by atoms with Crippen molar-refractivity contribution in [2.75, 3.05) is 0 Å². The average molecular weight is 210 g/mol. The molecule has 7 nitrogen and oxygen atoms in total. The summed E-state index contributed by atoms with van der Waals surface area (Å²) in [6, 6.07) is 2.77. The number of amides is 1. The summed E-state index contributed by atoms with van der Waals surface area (Å²) in [6.45, 7) is 0. The third-order valence-corrected chi connectivity index (χ3v) is 1.66. The van der Waals surface area contributed by atoms with Gasteiger partial charge in [0, 0.05) is 17.7 Å². The van der Waals surface area contributed by atoms with E-state index in [2.05, 4.69) is 0 Å². The summed E-state index contributed by atoms with van der Waals surface area (Å²) < 4.78 is 0. The summed E-state index contributed by atoms with van der Waals surface area (Å²) in [6.07, 6.45) is 0. The van der Waals surface area contributed by atoms with E-state index in [1.807, 2.05) is 0 Å². The highest BCUT2D eigenvalue weighted by Gasteiger charge is 2.15. The van der Waals surface area contributed by atoms with Crippen LogP contribution in [0.1, 0.15) is 20.7 Å². The molecule has 3 N–H and O–H groups in total. The van der Waals surface area contributed by atoms with Crippen LogP contribution in [0, 0.1) is 10.1 Å². The fourth-order valence-corrected chi connectivity index (χ4v) is 0.982. The van der Waals surface area contributed by atoms with Gasteiger partial charge in [-0.15, -0.1) is 0 Å². The summed E-state index contributed by atoms with van der Waals surface area (Å²) in [5.74, 6) is -2.28. The van der Waals surface area contributed by atoms with Gasteiger partial charge in [0.1, 0.15) is 0 Å². The van der Waals surface area contributed by atoms with Gasteiger partial charge in [-0.2, -0.15) is 0 Å². The quantitative estimate of drug-likeness (QED) is 0.551. The number of nitro benzene ring substituents is 1. The minimum Gasteiger partial charge on any atom is -0.478 e. The van der Waals surface area contributed by atoms with Crippen molar-refractivity contribution in [3.63, 3.8) is 0 Å². The van der Waals surface area contributed by atoms with E-state index in [9.17, 15) is 19.7 Å². The maximum absolute atomic E-state index is 10.8. The maximum atomic E-state index is 10.8. The van der Waals surface area contributed by atoms with E-state index in [0.717, 1.165) is 18.2 Å². The molecule has 7 heteroatoms. The number of nitrogens with zero attached hydrogens (tertiary/aromatic N) is 1. The summed E-state index contributed by atoms with van der Waals surface area (Å²) in [5, 5.41) is 19.0. The van der Waals surface area contributed by atoms with Crippen LogP contribution in [0.3, 0.4) is 0 Å². The number of carbonyl (C=O) groups excluding carboxylic acids is 1. The Hall–Kier alpha value is -2.44. The molecular weight excluding hydrogens is 204 g/mol. The van der Waals surface area contributed by atoms with Crippen LogP contribution < -0.4 is 5.73 Å². The van der Waals surface area contributed by atoms with E-state index in [4.69, 9.17) is 10.8 Å². The first-order valence-corrected chi connectivity index (χ1v) is 3.74. The number of primary amides is 1. The SMILES string of the molecule is NC(=O)c1cc(C(=O)O)cc([N+](=O)[O-])c1. The van der Waals surface area contributed by atoms with E-state index in [1.54, 1.807) is 0 Å². The lowest BCUT2D eigenvalue weighted by atomic mass is 10.1. The molecule has 0 saturated heterocycles. The molecule has 0 bridgehead atoms. The van der Waals surface area contributed by atoms with Crippen LogP contribution in [0.5, 0.6) is 0 Å². The third kappa shape index (κ3) is 2.27. The first-order valence-electron chi connectivity index (χ1n) is 3.74. The van der Waals surface area contributed by atoms with Gasteiger partial charge in [-0.05, 0) is 6.07 Å². The zero-order valence-electron chi connectivity index (χ0n) is 7.34. The molecule has 1 aromatic rings. The Morgan fingerprint density at radius 3 is 2.20 bits per heavy atom. The number of benzene rings is 1. The lowest BCUT2D eigenvalue weighted by Crippen LogP contribution is -2.12. The van der Waals surface area contributed by atoms with Crippen molar-refractivity contribution in [1.82, 2.24) is 0 Å². The van der Waals surface area contributed by atoms with Gasteiger partial charge in [-0.25, -0.2) is 4.79 Å². The van der Waals surface area contributed by atoms with Gasteiger partial charge < -0.3 is 10.8 Å². The van der Waals surface area contributed by atoms with Gasteiger partial charge in [-0.1, -0.05) is 0 Å². The number of hydrogen-bond donors (Lipinski definition) is 2. The van der Waals surface area contributed by atoms with Crippen molar-refractivity contribution in [3.05, 3.63) is 39.4 Å². The Morgan fingerprint density at radius 2 is 1.80 bits per heavy atom. The average Bonchev–Trinajstić information content (AvgIpc) is 2.16. The second-order valence-electron chi connectivity index (χ2n) is 2.70. The second kappa shape index (κ2) is 3.74. The van der Waals surface area contributed by atoms with Crippen molar-refractivity contribution < 1.29 is 19.6 Å². The van der Waals surface area contributed by atoms with Crippen molar-refractivity contribution in [1.29, 1.82) is 0 Å². The molecule has 0 radical (unpaired) electrons. The number of aromatic carboxylic acids is 1. The number of hydrogen-bond acceptors (Lipinski definition) is 4. The molecule has 1 rings (SSSR count). The van der Waals surface area contributed by atoms with Crippen LogP contribution in [0.4, 0.5) is 5.69 Å². The van der Waals surface area contributed by atoms with Crippen molar-refractivity contribution in [2.45, 2.75) is 0 Å². The number of carboxylic acids is 1. The Kier molecular flexibility index (Phi) is 2.65. The molecule has 0 heterocycles. The van der Waals surface area contributed by atoms with E-state index in [-0.39, 0.29) is 11.1 Å². The lowest BCUT2D eigenvalue weighted by Gasteiger charge is -1.99. The molecule has 0 fully saturated rings. The number of non-ortho nitro benzene ring substituents is 1. The van der Waals surface area contributed by atoms with Gasteiger partial charge in [0.05, 0.1) is 10.5 Å². The minimum absolute atomic E-state index is 0.207. The smallest absolute Gasteiger partial charge is 0.335 e. The Morgan fingerprint density at radius 1 is 1.27 bits per heavy atom. The highest BCUT2D eigenvalue weighted by Crippen LogP contribution is 2.16. The molecule has 0 atom stereocenters. The lowest BCUT2D eigenvalue weighted by molar-refractivity contribution is -0.384. The van der Waals surface area contributed by atoms with Crippen molar-refractivity contribution >= 4 is 17.6 Å². The summed E-state index contributed by atoms with van der Waals surface area (Å²) in [5.41, 5.74) is 3.86. The number of carboxylic acid groups (broad SMARTS) is 1. The molecule has 0 spiro atoms. The van der Waals surface area contributed by atoms with E-state index in [1.165, 1.54) is 0 Å². The van der Waals surface area contributed by atoms with E-state index < -0.39 is 22.5 Å². The predicted octanol–water partition coefficient (Wildman–Crippen LogP) is 0.392. The molecule has 0 aliphatic carbocycles. The highest BCUT2D eigenvalue weighted by molar-refractivity contribution is 5.97. The largest absolute Gasteiger partial charge is 0.478 e. The Balaban J connectivity index is 3.39. The molecule has 0 saturated carbocycles. The third-order valence-electron chi connectivity index (χ3n) is 1.66. The van der Waals surface area contributed by atoms with Crippen molar-refractivity contribution in [3.8, 4) is 0 Å². The molecule has 15 heavy (non-hydrogen) atoms. The summed E-state index contributed by atoms with van der Waals surface area (Å²) >= 11 is 0. The molecule has 1 aromatic carbocycles. The van der Waals surface area contributed by atoms with Crippen LogP contribution in [0.25, 0.3) is 0 Å². The molecule has 1 amide bonds. The Labute approximate surface area is 83.3 Å². The van der Waals surface area contributed by atoms with Crippen LogP contribution in [-0.2, 0) is 0 Å². The monoisotopic (exact) mass is 210 g/mol. The van der Waals surface area contributed by atoms with Gasteiger partial charge in [-0.3, -0.25) is 14.9 Å². The number of nitrogens with two attached hydrogens (primary N) is 1. The highest BCUT2D eigenvalue weighted by atomic mass is 16.6. The molecule has 0 aliphatic heterocycles. The zero-order valence-corrected chi connectivity index (χ0v) is 7.34. The molecular formula is C8H6N2O5. The van der Waals surface area contributed by atoms with Crippen LogP contribution in [-0.4, -0.2) is 21.9 Å². The first kappa shape index (κ1) is 10.6. The number of nitro groups is 1. The Bertz CT molecular complexity index is 375. The predicted molar refractivity (Wildman–Crippen MR) is 48.6 cm³/mol. The first-order chi connectivity index (χ1) is 6.91. The normalized spacial score (nSPS) is 9.60. The van der Waals surface area contributed by atoms with Crippen LogP contribution >= 0.6 is 0 Å². The fourth-order valence-electron chi connectivity index (χ4n) is 0.982. The molecule has 0 aromatic heterocycles. The summed E-state index contributed by atoms with van der Waals surface area (Å²) in [4.78, 5) is 31.0. The van der Waals surface area contributed by atoms with Gasteiger partial charge in [0.25, 0.3) is 5.69 Å². The van der Waals surface area contributed by atoms with Crippen LogP contribution in [0.2, 0.25) is 0 Å². The van der Waals surface area contributed by atoms with Gasteiger partial charge >= 0.3 is 5.97 Å². The standard InChI is InChI=1S/C8H6N2O5/c9-7(11)4-1-5(8(12)13)3-6(2-4)10(14)15/h1-3H,(H2,9,11)(H,12,13). The topological polar surface area (TPSA) is 124 Å². The van der Waals surface area contributed by atoms with E-state index >= 15 is 0 Å². The maximum Gasteiger partial charge on any atom is 0.335 e. The number of rotatable bonds is 3. The van der Waals surface area contributed by atoms with Gasteiger partial charge in [0.2, 0.25) is 5.91 Å². The molecule has 0 unspecified atom stereocenters. The van der Waals surface area contributed by atoms with E-state index in [0.29, 0.717) is 0 Å². The summed E-state index contributed by atoms with van der Waals surface area (Å²) in [7, 11) is 0. The zero-order chi connectivity index (χ0) is 11.6. The van der Waals surface area contributed by atoms with Gasteiger partial charge in [0.15, 0.2) is 0 Å². The van der Waals surface area contributed by atoms with Crippen molar-refractivity contribution in [2.24, 2.45) is 5.73 Å². The fraction of sp³-hybridized carbons (Fsp3) is 0.